The van der Waals surface area contributed by atoms with E-state index < -0.39 is 0 Å². The standard InChI is InChI=1S/2C18H27P.2ClH.Ni/c2*1-4-10-16(11-5-1)19(17-12-6-2-7-13-17)18-14-8-3-9-15-18;;;/h2*1,4-5,10-11,17-18H,2-3,6-9,12-15H2;2*1H;/q;;;;+2/p-2. The van der Waals surface area contributed by atoms with Crippen molar-refractivity contribution in [1.82, 2.24) is 0 Å². The monoisotopic (exact) mass is 676 g/mol. The van der Waals surface area contributed by atoms with Crippen LogP contribution in [0.4, 0.5) is 0 Å². The minimum atomic E-state index is 0. The van der Waals surface area contributed by atoms with E-state index in [-0.39, 0.29) is 57.1 Å². The van der Waals surface area contributed by atoms with E-state index in [4.69, 9.17) is 0 Å². The van der Waals surface area contributed by atoms with Gasteiger partial charge in [0.15, 0.2) is 0 Å². The molecule has 2 aromatic carbocycles. The van der Waals surface area contributed by atoms with Crippen molar-refractivity contribution in [2.45, 2.75) is 151 Å². The van der Waals surface area contributed by atoms with E-state index in [1.807, 2.05) is 0 Å². The van der Waals surface area contributed by atoms with Gasteiger partial charge in [-0.1, -0.05) is 154 Å². The summed E-state index contributed by atoms with van der Waals surface area (Å²) in [6.07, 6.45) is 29.9. The van der Waals surface area contributed by atoms with Gasteiger partial charge in [0.2, 0.25) is 0 Å². The topological polar surface area (TPSA) is 0 Å². The Balaban J connectivity index is 0.000000267. The number of rotatable bonds is 6. The second-order valence-electron chi connectivity index (χ2n) is 12.7. The van der Waals surface area contributed by atoms with Crippen LogP contribution in [0.15, 0.2) is 60.7 Å². The number of benzene rings is 2. The molecule has 4 aliphatic carbocycles. The molecular weight excluding hydrogens is 624 g/mol. The maximum Gasteiger partial charge on any atom is 2.00 e. The number of hydrogen-bond acceptors (Lipinski definition) is 0. The Kier molecular flexibility index (Phi) is 19.4. The van der Waals surface area contributed by atoms with E-state index in [2.05, 4.69) is 60.7 Å². The Morgan fingerprint density at radius 3 is 0.780 bits per heavy atom. The van der Waals surface area contributed by atoms with Crippen LogP contribution in [-0.2, 0) is 16.5 Å². The fraction of sp³-hybridized carbons (Fsp3) is 0.667. The van der Waals surface area contributed by atoms with E-state index in [0.717, 1.165) is 22.6 Å². The predicted molar refractivity (Wildman–Crippen MR) is 173 cm³/mol. The first-order valence-electron chi connectivity index (χ1n) is 16.6. The van der Waals surface area contributed by atoms with Crippen LogP contribution in [0, 0.1) is 0 Å². The SMILES string of the molecule is [Cl-].[Cl-].[Ni+2].c1ccc(P(C2CCCCC2)C2CCCCC2)cc1.c1ccc(P(C2CCCCC2)C2CCCCC2)cc1. The van der Waals surface area contributed by atoms with Crippen molar-refractivity contribution >= 4 is 26.5 Å². The molecule has 0 nitrogen and oxygen atoms in total. The van der Waals surface area contributed by atoms with Crippen molar-refractivity contribution in [3.8, 4) is 0 Å². The molecule has 4 aliphatic rings. The van der Waals surface area contributed by atoms with Crippen LogP contribution in [0.1, 0.15) is 128 Å². The Hall–Kier alpha value is 0.374. The van der Waals surface area contributed by atoms with Crippen LogP contribution in [0.3, 0.4) is 0 Å². The van der Waals surface area contributed by atoms with Gasteiger partial charge in [0.25, 0.3) is 0 Å². The van der Waals surface area contributed by atoms with Crippen LogP contribution in [-0.4, -0.2) is 22.6 Å². The minimum absolute atomic E-state index is 0. The molecule has 0 atom stereocenters. The van der Waals surface area contributed by atoms with Crippen molar-refractivity contribution in [3.05, 3.63) is 60.7 Å². The molecule has 0 radical (unpaired) electrons. The maximum atomic E-state index is 2.43. The summed E-state index contributed by atoms with van der Waals surface area (Å²) in [6.45, 7) is 0. The summed E-state index contributed by atoms with van der Waals surface area (Å²) in [5.74, 6) is 0. The molecule has 41 heavy (non-hydrogen) atoms. The normalized spacial score (nSPS) is 21.1. The quantitative estimate of drug-likeness (QED) is 0.301. The maximum absolute atomic E-state index is 2.43. The average Bonchev–Trinajstić information content (AvgIpc) is 3.01. The molecule has 2 aromatic rings. The first-order chi connectivity index (χ1) is 18.9. The van der Waals surface area contributed by atoms with Crippen LogP contribution in [0.25, 0.3) is 0 Å². The van der Waals surface area contributed by atoms with Gasteiger partial charge in [0.05, 0.1) is 0 Å². The molecule has 0 aliphatic heterocycles. The van der Waals surface area contributed by atoms with E-state index in [1.54, 1.807) is 10.6 Å². The molecule has 0 heterocycles. The van der Waals surface area contributed by atoms with Gasteiger partial charge in [-0.3, -0.25) is 0 Å². The summed E-state index contributed by atoms with van der Waals surface area (Å²) in [4.78, 5) is 0. The molecule has 0 spiro atoms. The van der Waals surface area contributed by atoms with Crippen molar-refractivity contribution in [3.63, 3.8) is 0 Å². The molecule has 6 rings (SSSR count). The molecule has 232 valence electrons. The number of halogens is 2. The first-order valence-corrected chi connectivity index (χ1v) is 19.5. The summed E-state index contributed by atoms with van der Waals surface area (Å²) in [5.41, 5.74) is 4.15. The van der Waals surface area contributed by atoms with E-state index in [9.17, 15) is 0 Å². The molecule has 0 amide bonds. The van der Waals surface area contributed by atoms with Gasteiger partial charge < -0.3 is 24.8 Å². The summed E-state index contributed by atoms with van der Waals surface area (Å²) in [5, 5.41) is 3.41. The van der Waals surface area contributed by atoms with Crippen molar-refractivity contribution in [1.29, 1.82) is 0 Å². The van der Waals surface area contributed by atoms with Gasteiger partial charge in [0.1, 0.15) is 0 Å². The Labute approximate surface area is 278 Å². The predicted octanol–water partition coefficient (Wildman–Crippen LogP) is 4.92. The molecule has 4 fully saturated rings. The molecule has 0 N–H and O–H groups in total. The summed E-state index contributed by atoms with van der Waals surface area (Å²) in [7, 11) is 0.216. The third-order valence-electron chi connectivity index (χ3n) is 9.98. The molecule has 0 aromatic heterocycles. The molecule has 0 bridgehead atoms. The van der Waals surface area contributed by atoms with E-state index >= 15 is 0 Å². The third-order valence-corrected chi connectivity index (χ3v) is 17.0. The fourth-order valence-corrected chi connectivity index (χ4v) is 15.7. The van der Waals surface area contributed by atoms with Crippen molar-refractivity contribution < 1.29 is 41.3 Å². The van der Waals surface area contributed by atoms with Crippen LogP contribution in [0.5, 0.6) is 0 Å². The summed E-state index contributed by atoms with van der Waals surface area (Å²) < 4.78 is 0. The van der Waals surface area contributed by atoms with Crippen LogP contribution < -0.4 is 35.4 Å². The Morgan fingerprint density at radius 2 is 0.561 bits per heavy atom. The minimum Gasteiger partial charge on any atom is -1.00 e. The van der Waals surface area contributed by atoms with E-state index in [0.29, 0.717) is 0 Å². The van der Waals surface area contributed by atoms with Gasteiger partial charge >= 0.3 is 16.5 Å². The van der Waals surface area contributed by atoms with Gasteiger partial charge in [-0.05, 0) is 84.6 Å². The summed E-state index contributed by atoms with van der Waals surface area (Å²) in [6, 6.07) is 23.1. The number of hydrogen-bond donors (Lipinski definition) is 0. The van der Waals surface area contributed by atoms with Crippen LogP contribution in [0.2, 0.25) is 0 Å². The second-order valence-corrected chi connectivity index (χ2v) is 18.2. The third kappa shape index (κ3) is 11.4. The molecular formula is C36H54Cl2NiP2. The van der Waals surface area contributed by atoms with E-state index in [1.165, 1.54) is 128 Å². The summed E-state index contributed by atoms with van der Waals surface area (Å²) >= 11 is 0. The Bertz CT molecular complexity index is 779. The van der Waals surface area contributed by atoms with Crippen LogP contribution >= 0.6 is 15.8 Å². The zero-order chi connectivity index (χ0) is 25.8. The first kappa shape index (κ1) is 37.6. The van der Waals surface area contributed by atoms with Crippen molar-refractivity contribution in [2.24, 2.45) is 0 Å². The van der Waals surface area contributed by atoms with Gasteiger partial charge in [-0.25, -0.2) is 0 Å². The molecule has 4 saturated carbocycles. The molecule has 0 saturated heterocycles. The molecule has 0 unspecified atom stereocenters. The van der Waals surface area contributed by atoms with Gasteiger partial charge in [-0.15, -0.1) is 0 Å². The van der Waals surface area contributed by atoms with Crippen molar-refractivity contribution in [2.75, 3.05) is 0 Å². The second kappa shape index (κ2) is 21.2. The zero-order valence-electron chi connectivity index (χ0n) is 25.2. The largest absolute Gasteiger partial charge is 2.00 e. The fourth-order valence-electron chi connectivity index (χ4n) is 8.08. The zero-order valence-corrected chi connectivity index (χ0v) is 29.5. The molecule has 5 heteroatoms. The average molecular weight is 678 g/mol. The Morgan fingerprint density at radius 1 is 0.341 bits per heavy atom. The van der Waals surface area contributed by atoms with Gasteiger partial charge in [0, 0.05) is 0 Å². The van der Waals surface area contributed by atoms with Gasteiger partial charge in [-0.2, -0.15) is 0 Å². The smallest absolute Gasteiger partial charge is 1.00 e.